The van der Waals surface area contributed by atoms with E-state index in [2.05, 4.69) is 30.6 Å². The number of pyridine rings is 1. The van der Waals surface area contributed by atoms with Gasteiger partial charge in [0.15, 0.2) is 0 Å². The van der Waals surface area contributed by atoms with Crippen molar-refractivity contribution in [2.75, 3.05) is 7.05 Å². The summed E-state index contributed by atoms with van der Waals surface area (Å²) >= 11 is 3.40. The van der Waals surface area contributed by atoms with Crippen LogP contribution in [0.4, 0.5) is 0 Å². The first kappa shape index (κ1) is 22.7. The summed E-state index contributed by atoms with van der Waals surface area (Å²) in [5, 5.41) is 0.867. The Balaban J connectivity index is 1.72. The number of hydrogen-bond donors (Lipinski definition) is 2. The lowest BCUT2D eigenvalue weighted by molar-refractivity contribution is 0.588. The summed E-state index contributed by atoms with van der Waals surface area (Å²) in [7, 11) is 1.16. The Bertz CT molecular complexity index is 2010. The topological polar surface area (TPSA) is 120 Å². The fourth-order valence-corrected chi connectivity index (χ4v) is 5.67. The third-order valence-electron chi connectivity index (χ3n) is 6.49. The van der Waals surface area contributed by atoms with Crippen molar-refractivity contribution in [3.63, 3.8) is 0 Å². The molecular formula is C24H20BrN7O3S. The summed E-state index contributed by atoms with van der Waals surface area (Å²) in [6, 6.07) is 12.4. The Hall–Kier alpha value is -3.74. The second kappa shape index (κ2) is 7.88. The predicted octanol–water partition coefficient (Wildman–Crippen LogP) is 3.43. The van der Waals surface area contributed by atoms with Crippen molar-refractivity contribution in [2.45, 2.75) is 4.90 Å². The molecule has 0 saturated heterocycles. The number of fused-ring (bicyclic) bond motifs is 3. The zero-order valence-electron chi connectivity index (χ0n) is 19.4. The van der Waals surface area contributed by atoms with E-state index in [0.717, 1.165) is 33.2 Å². The maximum Gasteiger partial charge on any atom is 0.328 e. The zero-order valence-corrected chi connectivity index (χ0v) is 21.8. The molecule has 0 atom stereocenters. The number of rotatable bonds is 4. The van der Waals surface area contributed by atoms with Crippen LogP contribution in [-0.4, -0.2) is 44.1 Å². The second-order valence-corrected chi connectivity index (χ2v) is 11.2. The fourth-order valence-electron chi connectivity index (χ4n) is 4.59. The molecule has 4 aromatic heterocycles. The summed E-state index contributed by atoms with van der Waals surface area (Å²) in [6.07, 6.45) is 3.62. The minimum atomic E-state index is -3.68. The average Bonchev–Trinajstić information content (AvgIpc) is 3.52. The number of aromatic nitrogens is 6. The van der Waals surface area contributed by atoms with E-state index in [1.54, 1.807) is 41.6 Å². The number of halogens is 1. The minimum Gasteiger partial charge on any atom is -0.360 e. The van der Waals surface area contributed by atoms with Gasteiger partial charge in [-0.25, -0.2) is 27.9 Å². The molecular weight excluding hydrogens is 546 g/mol. The highest BCUT2D eigenvalue weighted by molar-refractivity contribution is 9.10. The number of hydrogen-bond acceptors (Lipinski definition) is 5. The smallest absolute Gasteiger partial charge is 0.328 e. The van der Waals surface area contributed by atoms with Gasteiger partial charge in [-0.3, -0.25) is 13.7 Å². The van der Waals surface area contributed by atoms with Crippen molar-refractivity contribution in [1.82, 2.24) is 33.4 Å². The number of benzene rings is 2. The molecule has 4 heterocycles. The van der Waals surface area contributed by atoms with E-state index < -0.39 is 10.0 Å². The molecule has 0 bridgehead atoms. The van der Waals surface area contributed by atoms with E-state index in [1.807, 2.05) is 35.0 Å². The van der Waals surface area contributed by atoms with Gasteiger partial charge in [0.25, 0.3) is 0 Å². The standard InChI is InChI=1S/C24H20BrN7O3S/c1-26-36(34,35)14-5-6-17-20(9-14)32(13-4-7-19-21(8-13)31(3)24(33)30(19)2)23(29-17)16-12-27-18-10-22(25)28-11-15(16)18/h4-12,26-27H,1-3H3. The molecule has 36 heavy (non-hydrogen) atoms. The monoisotopic (exact) mass is 565 g/mol. The molecule has 10 nitrogen and oxygen atoms in total. The van der Waals surface area contributed by atoms with Gasteiger partial charge in [0, 0.05) is 43.1 Å². The molecule has 2 N–H and O–H groups in total. The minimum absolute atomic E-state index is 0.128. The predicted molar refractivity (Wildman–Crippen MR) is 142 cm³/mol. The summed E-state index contributed by atoms with van der Waals surface area (Å²) in [5.74, 6) is 0.611. The molecule has 0 spiro atoms. The maximum absolute atomic E-state index is 12.6. The van der Waals surface area contributed by atoms with Gasteiger partial charge < -0.3 is 4.98 Å². The molecule has 0 radical (unpaired) electrons. The summed E-state index contributed by atoms with van der Waals surface area (Å²) < 4.78 is 33.3. The van der Waals surface area contributed by atoms with Crippen LogP contribution in [0.2, 0.25) is 0 Å². The molecule has 182 valence electrons. The third kappa shape index (κ3) is 3.25. The SMILES string of the molecule is CNS(=O)(=O)c1ccc2nc(-c3c[nH]c4cc(Br)ncc34)n(-c3ccc4c(c3)n(C)c(=O)n4C)c2c1. The van der Waals surface area contributed by atoms with Gasteiger partial charge in [-0.05, 0) is 65.4 Å². The van der Waals surface area contributed by atoms with Gasteiger partial charge in [0.2, 0.25) is 10.0 Å². The van der Waals surface area contributed by atoms with Gasteiger partial charge in [-0.1, -0.05) is 0 Å². The van der Waals surface area contributed by atoms with Crippen LogP contribution in [-0.2, 0) is 24.1 Å². The van der Waals surface area contributed by atoms with Crippen LogP contribution in [0.5, 0.6) is 0 Å². The van der Waals surface area contributed by atoms with Crippen molar-refractivity contribution in [3.05, 3.63) is 69.9 Å². The van der Waals surface area contributed by atoms with Gasteiger partial charge in [-0.15, -0.1) is 0 Å². The van der Waals surface area contributed by atoms with Crippen molar-refractivity contribution < 1.29 is 8.42 Å². The van der Waals surface area contributed by atoms with Crippen LogP contribution in [0.15, 0.2) is 69.2 Å². The van der Waals surface area contributed by atoms with Crippen molar-refractivity contribution in [3.8, 4) is 17.1 Å². The highest BCUT2D eigenvalue weighted by Crippen LogP contribution is 2.35. The number of sulfonamides is 1. The molecule has 0 aliphatic rings. The molecule has 0 saturated carbocycles. The molecule has 0 amide bonds. The number of nitrogens with one attached hydrogen (secondary N) is 2. The first-order valence-corrected chi connectivity index (χ1v) is 13.2. The lowest BCUT2D eigenvalue weighted by Gasteiger charge is -2.11. The van der Waals surface area contributed by atoms with Crippen LogP contribution < -0.4 is 10.4 Å². The van der Waals surface area contributed by atoms with E-state index in [-0.39, 0.29) is 10.6 Å². The van der Waals surface area contributed by atoms with E-state index >= 15 is 0 Å². The Labute approximate surface area is 213 Å². The molecule has 0 fully saturated rings. The highest BCUT2D eigenvalue weighted by atomic mass is 79.9. The molecule has 0 unspecified atom stereocenters. The number of nitrogens with zero attached hydrogens (tertiary/aromatic N) is 5. The van der Waals surface area contributed by atoms with Crippen molar-refractivity contribution >= 4 is 58.9 Å². The first-order valence-electron chi connectivity index (χ1n) is 10.9. The zero-order chi connectivity index (χ0) is 25.4. The number of aromatic amines is 1. The molecule has 6 rings (SSSR count). The Morgan fingerprint density at radius 3 is 2.56 bits per heavy atom. The molecule has 2 aromatic carbocycles. The van der Waals surface area contributed by atoms with Crippen LogP contribution >= 0.6 is 15.9 Å². The fraction of sp³-hybridized carbons (Fsp3) is 0.125. The number of H-pyrrole nitrogens is 1. The third-order valence-corrected chi connectivity index (χ3v) is 8.34. The van der Waals surface area contributed by atoms with Crippen molar-refractivity contribution in [1.29, 1.82) is 0 Å². The largest absolute Gasteiger partial charge is 0.360 e. The van der Waals surface area contributed by atoms with E-state index in [9.17, 15) is 13.2 Å². The van der Waals surface area contributed by atoms with Gasteiger partial charge in [-0.2, -0.15) is 0 Å². The van der Waals surface area contributed by atoms with E-state index in [0.29, 0.717) is 21.5 Å². The Kier molecular flexibility index (Phi) is 4.97. The van der Waals surface area contributed by atoms with Crippen LogP contribution in [0.3, 0.4) is 0 Å². The Morgan fingerprint density at radius 2 is 1.78 bits per heavy atom. The number of aryl methyl sites for hydroxylation is 2. The van der Waals surface area contributed by atoms with Crippen LogP contribution in [0.25, 0.3) is 50.0 Å². The lowest BCUT2D eigenvalue weighted by Crippen LogP contribution is -2.19. The van der Waals surface area contributed by atoms with Gasteiger partial charge in [0.1, 0.15) is 10.4 Å². The molecule has 0 aliphatic carbocycles. The van der Waals surface area contributed by atoms with E-state index in [4.69, 9.17) is 4.98 Å². The van der Waals surface area contributed by atoms with Crippen LogP contribution in [0, 0.1) is 0 Å². The first-order chi connectivity index (χ1) is 17.2. The quantitative estimate of drug-likeness (QED) is 0.317. The normalized spacial score (nSPS) is 12.3. The summed E-state index contributed by atoms with van der Waals surface area (Å²) in [5.41, 5.74) is 5.06. The van der Waals surface area contributed by atoms with Crippen LogP contribution in [0.1, 0.15) is 0 Å². The highest BCUT2D eigenvalue weighted by Gasteiger charge is 2.21. The van der Waals surface area contributed by atoms with Gasteiger partial charge in [0.05, 0.1) is 32.5 Å². The summed E-state index contributed by atoms with van der Waals surface area (Å²) in [4.78, 5) is 25.2. The maximum atomic E-state index is 12.6. The van der Waals surface area contributed by atoms with E-state index in [1.165, 1.54) is 13.1 Å². The lowest BCUT2D eigenvalue weighted by atomic mass is 10.2. The van der Waals surface area contributed by atoms with Gasteiger partial charge >= 0.3 is 5.69 Å². The average molecular weight is 566 g/mol. The molecule has 0 aliphatic heterocycles. The summed E-state index contributed by atoms with van der Waals surface area (Å²) in [6.45, 7) is 0. The molecule has 6 aromatic rings. The second-order valence-electron chi connectivity index (χ2n) is 8.46. The van der Waals surface area contributed by atoms with Crippen molar-refractivity contribution in [2.24, 2.45) is 14.1 Å². The Morgan fingerprint density at radius 1 is 1.00 bits per heavy atom. The number of imidazole rings is 2. The molecule has 12 heteroatoms.